The Hall–Kier alpha value is -0.730. The Morgan fingerprint density at radius 3 is 2.40 bits per heavy atom. The molecule has 1 fully saturated rings. The van der Waals surface area contributed by atoms with Crippen molar-refractivity contribution in [2.45, 2.75) is 37.6 Å². The van der Waals surface area contributed by atoms with Gasteiger partial charge in [0.1, 0.15) is 24.4 Å². The van der Waals surface area contributed by atoms with Gasteiger partial charge >= 0.3 is 0 Å². The first-order chi connectivity index (χ1) is 6.97. The number of hydrogen-bond acceptors (Lipinski definition) is 6. The van der Waals surface area contributed by atoms with Gasteiger partial charge in [-0.05, 0) is 0 Å². The molecule has 0 saturated carbocycles. The van der Waals surface area contributed by atoms with E-state index in [1.165, 1.54) is 6.92 Å². The molecule has 7 nitrogen and oxygen atoms in total. The van der Waals surface area contributed by atoms with Crippen molar-refractivity contribution in [3.05, 3.63) is 0 Å². The second kappa shape index (κ2) is 4.86. The van der Waals surface area contributed by atoms with E-state index in [9.17, 15) is 20.1 Å². The highest BCUT2D eigenvalue weighted by molar-refractivity contribution is 5.73. The topological polar surface area (TPSA) is 119 Å². The summed E-state index contributed by atoms with van der Waals surface area (Å²) in [5.41, 5.74) is 0. The first-order valence-electron chi connectivity index (χ1n) is 4.55. The molecular weight excluding hydrogens is 206 g/mol. The van der Waals surface area contributed by atoms with Gasteiger partial charge in [0.05, 0.1) is 6.61 Å². The summed E-state index contributed by atoms with van der Waals surface area (Å²) in [4.78, 5) is 10.7. The zero-order valence-corrected chi connectivity index (χ0v) is 8.20. The van der Waals surface area contributed by atoms with Crippen molar-refractivity contribution in [1.82, 2.24) is 5.32 Å². The third-order valence-electron chi connectivity index (χ3n) is 2.27. The first kappa shape index (κ1) is 12.3. The summed E-state index contributed by atoms with van der Waals surface area (Å²) in [6.07, 6.45) is -5.24. The molecule has 7 heteroatoms. The van der Waals surface area contributed by atoms with Crippen LogP contribution in [0.25, 0.3) is 0 Å². The third-order valence-corrected chi connectivity index (χ3v) is 2.27. The van der Waals surface area contributed by atoms with Crippen molar-refractivity contribution in [3.8, 4) is 0 Å². The van der Waals surface area contributed by atoms with Gasteiger partial charge in [0.2, 0.25) is 5.91 Å². The second-order valence-electron chi connectivity index (χ2n) is 3.46. The van der Waals surface area contributed by atoms with Crippen LogP contribution in [0.15, 0.2) is 0 Å². The lowest BCUT2D eigenvalue weighted by atomic mass is 9.97. The zero-order chi connectivity index (χ0) is 11.6. The third kappa shape index (κ3) is 2.64. The summed E-state index contributed by atoms with van der Waals surface area (Å²) in [5, 5.41) is 39.4. The standard InChI is InChI=1S/C8H15NO6/c1-3(11)9-5-7(13)6(12)4(2-10)15-8(5)14/h4-8,10,12-14H,2H2,1H3,(H,9,11)/t4?,5-,6+,7+,8-/m0/s1. The molecule has 1 saturated heterocycles. The Labute approximate surface area is 86.3 Å². The lowest BCUT2D eigenvalue weighted by Crippen LogP contribution is -2.63. The van der Waals surface area contributed by atoms with Gasteiger partial charge in [0.25, 0.3) is 0 Å². The largest absolute Gasteiger partial charge is 0.394 e. The zero-order valence-electron chi connectivity index (χ0n) is 8.20. The molecule has 15 heavy (non-hydrogen) atoms. The minimum absolute atomic E-state index is 0.462. The van der Waals surface area contributed by atoms with E-state index in [1.54, 1.807) is 0 Å². The molecule has 0 radical (unpaired) electrons. The minimum Gasteiger partial charge on any atom is -0.394 e. The summed E-state index contributed by atoms with van der Waals surface area (Å²) in [6.45, 7) is 0.687. The molecule has 0 aromatic carbocycles. The van der Waals surface area contributed by atoms with Crippen LogP contribution in [-0.4, -0.2) is 63.6 Å². The second-order valence-corrected chi connectivity index (χ2v) is 3.46. The van der Waals surface area contributed by atoms with Crippen LogP contribution in [0, 0.1) is 0 Å². The van der Waals surface area contributed by atoms with Gasteiger partial charge in [-0.2, -0.15) is 0 Å². The summed E-state index contributed by atoms with van der Waals surface area (Å²) < 4.78 is 4.81. The van der Waals surface area contributed by atoms with Crippen molar-refractivity contribution in [1.29, 1.82) is 0 Å². The Balaban J connectivity index is 2.70. The molecule has 0 aromatic heterocycles. The van der Waals surface area contributed by atoms with Crippen molar-refractivity contribution < 1.29 is 30.0 Å². The number of hydrogen-bond donors (Lipinski definition) is 5. The monoisotopic (exact) mass is 221 g/mol. The maximum Gasteiger partial charge on any atom is 0.217 e. The number of aliphatic hydroxyl groups is 4. The average molecular weight is 221 g/mol. The van der Waals surface area contributed by atoms with Crippen LogP contribution in [0.3, 0.4) is 0 Å². The maximum absolute atomic E-state index is 10.7. The molecule has 0 aromatic rings. The molecule has 1 heterocycles. The fourth-order valence-electron chi connectivity index (χ4n) is 1.49. The van der Waals surface area contributed by atoms with Gasteiger partial charge < -0.3 is 30.5 Å². The minimum atomic E-state index is -1.45. The molecule has 88 valence electrons. The molecule has 0 bridgehead atoms. The van der Waals surface area contributed by atoms with E-state index in [0.717, 1.165) is 0 Å². The average Bonchev–Trinajstić information content (AvgIpc) is 2.18. The molecule has 1 amide bonds. The quantitative estimate of drug-likeness (QED) is 0.337. The molecule has 0 spiro atoms. The SMILES string of the molecule is CC(=O)N[C@H]1[C@@H](O)[C@H](O)C(CO)O[C@@H]1O. The fourth-order valence-corrected chi connectivity index (χ4v) is 1.49. The Bertz CT molecular complexity index is 235. The van der Waals surface area contributed by atoms with Crippen LogP contribution in [0.1, 0.15) is 6.92 Å². The lowest BCUT2D eigenvalue weighted by Gasteiger charge is -2.40. The lowest BCUT2D eigenvalue weighted by molar-refractivity contribution is -0.253. The van der Waals surface area contributed by atoms with Gasteiger partial charge in [-0.1, -0.05) is 0 Å². The number of rotatable bonds is 2. The fraction of sp³-hybridized carbons (Fsp3) is 0.875. The van der Waals surface area contributed by atoms with Crippen LogP contribution in [-0.2, 0) is 9.53 Å². The molecule has 1 rings (SSSR count). The predicted octanol–water partition coefficient (Wildman–Crippen LogP) is -3.08. The van der Waals surface area contributed by atoms with Gasteiger partial charge in [0, 0.05) is 6.92 Å². The first-order valence-corrected chi connectivity index (χ1v) is 4.55. The van der Waals surface area contributed by atoms with E-state index in [-0.39, 0.29) is 0 Å². The highest BCUT2D eigenvalue weighted by Crippen LogP contribution is 2.19. The highest BCUT2D eigenvalue weighted by Gasteiger charge is 2.43. The molecule has 1 unspecified atom stereocenters. The van der Waals surface area contributed by atoms with Crippen LogP contribution >= 0.6 is 0 Å². The number of carbonyl (C=O) groups is 1. The Morgan fingerprint density at radius 2 is 1.93 bits per heavy atom. The van der Waals surface area contributed by atoms with Crippen molar-refractivity contribution in [2.24, 2.45) is 0 Å². The van der Waals surface area contributed by atoms with Crippen molar-refractivity contribution in [3.63, 3.8) is 0 Å². The Kier molecular flexibility index (Phi) is 4.00. The smallest absolute Gasteiger partial charge is 0.217 e. The van der Waals surface area contributed by atoms with Gasteiger partial charge in [-0.25, -0.2) is 0 Å². The summed E-state index contributed by atoms with van der Waals surface area (Å²) in [6, 6.07) is -1.10. The summed E-state index contributed by atoms with van der Waals surface area (Å²) >= 11 is 0. The van der Waals surface area contributed by atoms with Crippen LogP contribution in [0.2, 0.25) is 0 Å². The maximum atomic E-state index is 10.7. The normalized spacial score (nSPS) is 41.3. The number of carbonyl (C=O) groups excluding carboxylic acids is 1. The molecule has 0 aliphatic carbocycles. The van der Waals surface area contributed by atoms with Crippen molar-refractivity contribution in [2.75, 3.05) is 6.61 Å². The van der Waals surface area contributed by atoms with Crippen molar-refractivity contribution >= 4 is 5.91 Å². The Morgan fingerprint density at radius 1 is 1.33 bits per heavy atom. The molecule has 1 aliphatic heterocycles. The molecule has 1 aliphatic rings. The van der Waals surface area contributed by atoms with Gasteiger partial charge in [-0.3, -0.25) is 4.79 Å². The summed E-state index contributed by atoms with van der Waals surface area (Å²) in [7, 11) is 0. The number of aliphatic hydroxyl groups excluding tert-OH is 4. The van der Waals surface area contributed by atoms with E-state index in [0.29, 0.717) is 0 Å². The molecule has 5 N–H and O–H groups in total. The van der Waals surface area contributed by atoms with E-state index in [2.05, 4.69) is 5.32 Å². The van der Waals surface area contributed by atoms with Gasteiger partial charge in [0.15, 0.2) is 6.29 Å². The van der Waals surface area contributed by atoms with E-state index in [4.69, 9.17) is 9.84 Å². The van der Waals surface area contributed by atoms with E-state index < -0.39 is 43.2 Å². The van der Waals surface area contributed by atoms with Crippen LogP contribution in [0.4, 0.5) is 0 Å². The highest BCUT2D eigenvalue weighted by atomic mass is 16.6. The van der Waals surface area contributed by atoms with Crippen LogP contribution < -0.4 is 5.32 Å². The summed E-state index contributed by atoms with van der Waals surface area (Å²) in [5.74, 6) is -0.462. The van der Waals surface area contributed by atoms with Gasteiger partial charge in [-0.15, -0.1) is 0 Å². The van der Waals surface area contributed by atoms with E-state index >= 15 is 0 Å². The molecular formula is C8H15NO6. The predicted molar refractivity (Wildman–Crippen MR) is 47.6 cm³/mol. The van der Waals surface area contributed by atoms with E-state index in [1.807, 2.05) is 0 Å². The number of amides is 1. The van der Waals surface area contributed by atoms with Crippen LogP contribution in [0.5, 0.6) is 0 Å². The number of nitrogens with one attached hydrogen (secondary N) is 1. The number of ether oxygens (including phenoxy) is 1. The molecule has 5 atom stereocenters.